The molecule has 2 unspecified atom stereocenters. The van der Waals surface area contributed by atoms with Gasteiger partial charge < -0.3 is 9.80 Å². The molecule has 10 rings (SSSR count). The van der Waals surface area contributed by atoms with Crippen molar-refractivity contribution in [2.75, 3.05) is 9.80 Å². The van der Waals surface area contributed by atoms with Gasteiger partial charge in [0.15, 0.2) is 17.5 Å². The highest BCUT2D eigenvalue weighted by Gasteiger charge is 2.46. The van der Waals surface area contributed by atoms with Crippen LogP contribution in [0.3, 0.4) is 0 Å². The molecule has 1 aromatic heterocycles. The van der Waals surface area contributed by atoms with E-state index in [2.05, 4.69) is 161 Å². The summed E-state index contributed by atoms with van der Waals surface area (Å²) in [6.45, 7) is 0. The molecule has 0 fully saturated rings. The van der Waals surface area contributed by atoms with Crippen LogP contribution in [0.15, 0.2) is 188 Å². The van der Waals surface area contributed by atoms with Gasteiger partial charge in [0.2, 0.25) is 0 Å². The number of rotatable bonds is 5. The van der Waals surface area contributed by atoms with Crippen LogP contribution >= 0.6 is 0 Å². The second kappa shape index (κ2) is 12.5. The van der Waals surface area contributed by atoms with Crippen LogP contribution in [-0.2, 0) is 0 Å². The van der Waals surface area contributed by atoms with E-state index in [0.29, 0.717) is 17.5 Å². The van der Waals surface area contributed by atoms with E-state index in [1.54, 1.807) is 0 Å². The predicted octanol–water partition coefficient (Wildman–Crippen LogP) is 11.7. The van der Waals surface area contributed by atoms with Crippen molar-refractivity contribution in [1.82, 2.24) is 15.0 Å². The Labute approximate surface area is 303 Å². The Hall–Kier alpha value is -6.85. The molecule has 0 saturated carbocycles. The Bertz CT molecular complexity index is 2480. The van der Waals surface area contributed by atoms with Gasteiger partial charge in [0.25, 0.3) is 0 Å². The summed E-state index contributed by atoms with van der Waals surface area (Å²) >= 11 is 0. The minimum atomic E-state index is -0.00294. The van der Waals surface area contributed by atoms with Gasteiger partial charge in [-0.2, -0.15) is 0 Å². The first-order valence-electron chi connectivity index (χ1n) is 17.7. The van der Waals surface area contributed by atoms with Crippen LogP contribution in [0, 0.1) is 0 Å². The van der Waals surface area contributed by atoms with Crippen molar-refractivity contribution in [3.05, 3.63) is 205 Å². The smallest absolute Gasteiger partial charge is 0.164 e. The van der Waals surface area contributed by atoms with Gasteiger partial charge in [-0.05, 0) is 71.3 Å². The third-order valence-electron chi connectivity index (χ3n) is 10.2. The summed E-state index contributed by atoms with van der Waals surface area (Å²) in [5, 5.41) is 0. The lowest BCUT2D eigenvalue weighted by Gasteiger charge is -2.32. The zero-order valence-corrected chi connectivity index (χ0v) is 28.3. The molecule has 5 heteroatoms. The second-order valence-corrected chi connectivity index (χ2v) is 13.2. The molecule has 2 atom stereocenters. The van der Waals surface area contributed by atoms with Crippen LogP contribution in [0.4, 0.5) is 28.4 Å². The Morgan fingerprint density at radius 1 is 0.346 bits per heavy atom. The summed E-state index contributed by atoms with van der Waals surface area (Å²) in [6, 6.07) is 66.4. The molecule has 2 aliphatic heterocycles. The van der Waals surface area contributed by atoms with E-state index in [4.69, 9.17) is 15.0 Å². The molecular formula is C47H33N5. The molecule has 7 aromatic carbocycles. The summed E-state index contributed by atoms with van der Waals surface area (Å²) in [6.07, 6.45) is 0. The quantitative estimate of drug-likeness (QED) is 0.183. The molecule has 0 aliphatic carbocycles. The number of nitrogens with zero attached hydrogens (tertiary/aromatic N) is 5. The van der Waals surface area contributed by atoms with Gasteiger partial charge in [0.05, 0.1) is 17.4 Å². The summed E-state index contributed by atoms with van der Waals surface area (Å²) in [5.74, 6) is 1.96. The zero-order chi connectivity index (χ0) is 34.4. The molecule has 246 valence electrons. The molecule has 8 aromatic rings. The molecule has 52 heavy (non-hydrogen) atoms. The number of hydrogen-bond donors (Lipinski definition) is 0. The van der Waals surface area contributed by atoms with E-state index < -0.39 is 0 Å². The minimum Gasteiger partial charge on any atom is -0.333 e. The van der Waals surface area contributed by atoms with E-state index in [9.17, 15) is 0 Å². The van der Waals surface area contributed by atoms with E-state index in [0.717, 1.165) is 28.1 Å². The lowest BCUT2D eigenvalue weighted by Crippen LogP contribution is -2.22. The standard InChI is InChI=1S/C47H33N5/c1-5-17-32(18-6-1)45-48-46(33-19-7-2-8-20-33)50-47(49-45)34-29-30-42-39(31-34)43-37-25-13-15-27-40(37)52(36-23-11-4-12-24-36)44(43)38-26-14-16-28-41(38)51(42)35-21-9-3-10-22-35/h1-31,43-44H. The molecule has 5 nitrogen and oxygen atoms in total. The van der Waals surface area contributed by atoms with Crippen molar-refractivity contribution in [3.63, 3.8) is 0 Å². The van der Waals surface area contributed by atoms with Gasteiger partial charge in [0.1, 0.15) is 0 Å². The Morgan fingerprint density at radius 2 is 0.808 bits per heavy atom. The highest BCUT2D eigenvalue weighted by atomic mass is 15.2. The van der Waals surface area contributed by atoms with E-state index >= 15 is 0 Å². The number of anilines is 5. The fraction of sp³-hybridized carbons (Fsp3) is 0.0426. The zero-order valence-electron chi connectivity index (χ0n) is 28.3. The van der Waals surface area contributed by atoms with Gasteiger partial charge in [-0.15, -0.1) is 0 Å². The van der Waals surface area contributed by atoms with E-state index in [-0.39, 0.29) is 12.0 Å². The van der Waals surface area contributed by atoms with Gasteiger partial charge in [-0.1, -0.05) is 133 Å². The predicted molar refractivity (Wildman–Crippen MR) is 210 cm³/mol. The van der Waals surface area contributed by atoms with Crippen LogP contribution in [-0.4, -0.2) is 15.0 Å². The SMILES string of the molecule is c1ccc(-c2nc(-c3ccccc3)nc(-c3ccc4c(c3)C3c5ccccc5N(c5ccccc5)C3c3ccccc3N4c3ccccc3)n2)cc1. The summed E-state index contributed by atoms with van der Waals surface area (Å²) in [7, 11) is 0. The summed E-state index contributed by atoms with van der Waals surface area (Å²) in [4.78, 5) is 20.2. The second-order valence-electron chi connectivity index (χ2n) is 13.2. The van der Waals surface area contributed by atoms with E-state index in [1.165, 1.54) is 33.8 Å². The fourth-order valence-corrected chi connectivity index (χ4v) is 7.99. The molecule has 0 radical (unpaired) electrons. The number of aromatic nitrogens is 3. The van der Waals surface area contributed by atoms with Crippen molar-refractivity contribution >= 4 is 28.4 Å². The maximum Gasteiger partial charge on any atom is 0.164 e. The number of fused-ring (bicyclic) bond motifs is 7. The van der Waals surface area contributed by atoms with E-state index in [1.807, 2.05) is 36.4 Å². The van der Waals surface area contributed by atoms with Crippen LogP contribution < -0.4 is 9.80 Å². The third kappa shape index (κ3) is 4.97. The van der Waals surface area contributed by atoms with Crippen LogP contribution in [0.2, 0.25) is 0 Å². The number of para-hydroxylation sites is 4. The van der Waals surface area contributed by atoms with Crippen molar-refractivity contribution in [1.29, 1.82) is 0 Å². The monoisotopic (exact) mass is 667 g/mol. The topological polar surface area (TPSA) is 45.2 Å². The lowest BCUT2D eigenvalue weighted by molar-refractivity contribution is 0.665. The largest absolute Gasteiger partial charge is 0.333 e. The van der Waals surface area contributed by atoms with Crippen molar-refractivity contribution in [3.8, 4) is 34.2 Å². The van der Waals surface area contributed by atoms with Crippen molar-refractivity contribution in [2.45, 2.75) is 12.0 Å². The van der Waals surface area contributed by atoms with Gasteiger partial charge in [0, 0.05) is 39.7 Å². The van der Waals surface area contributed by atoms with Crippen molar-refractivity contribution < 1.29 is 0 Å². The molecule has 2 aliphatic rings. The molecule has 0 spiro atoms. The lowest BCUT2D eigenvalue weighted by atomic mass is 9.83. The van der Waals surface area contributed by atoms with Gasteiger partial charge in [-0.3, -0.25) is 0 Å². The number of hydrogen-bond acceptors (Lipinski definition) is 5. The molecular weight excluding hydrogens is 635 g/mol. The first-order chi connectivity index (χ1) is 25.8. The Balaban J connectivity index is 1.25. The summed E-state index contributed by atoms with van der Waals surface area (Å²) < 4.78 is 0. The third-order valence-corrected chi connectivity index (χ3v) is 10.2. The average Bonchev–Trinajstić information content (AvgIpc) is 3.51. The maximum absolute atomic E-state index is 5.13. The molecule has 0 N–H and O–H groups in total. The molecule has 3 heterocycles. The highest BCUT2D eigenvalue weighted by Crippen LogP contribution is 2.61. The van der Waals surface area contributed by atoms with Crippen molar-refractivity contribution in [2.24, 2.45) is 0 Å². The minimum absolute atomic E-state index is 0.00294. The molecule has 0 bridgehead atoms. The van der Waals surface area contributed by atoms with Crippen LogP contribution in [0.25, 0.3) is 34.2 Å². The van der Waals surface area contributed by atoms with Crippen LogP contribution in [0.5, 0.6) is 0 Å². The first kappa shape index (κ1) is 30.0. The average molecular weight is 668 g/mol. The molecule has 0 amide bonds. The van der Waals surface area contributed by atoms with Crippen LogP contribution in [0.1, 0.15) is 28.7 Å². The molecule has 0 saturated heterocycles. The first-order valence-corrected chi connectivity index (χ1v) is 17.7. The van der Waals surface area contributed by atoms with Gasteiger partial charge >= 0.3 is 0 Å². The summed E-state index contributed by atoms with van der Waals surface area (Å²) in [5.41, 5.74) is 12.4. The maximum atomic E-state index is 5.13. The highest BCUT2D eigenvalue weighted by molar-refractivity contribution is 5.88. The fourth-order valence-electron chi connectivity index (χ4n) is 7.99. The van der Waals surface area contributed by atoms with Gasteiger partial charge in [-0.25, -0.2) is 15.0 Å². The number of benzene rings is 7. The Morgan fingerprint density at radius 3 is 1.42 bits per heavy atom. The Kier molecular flexibility index (Phi) is 7.21. The normalized spacial score (nSPS) is 15.6.